The second-order valence-electron chi connectivity index (χ2n) is 3.57. The van der Waals surface area contributed by atoms with Crippen molar-refractivity contribution in [1.29, 1.82) is 0 Å². The second kappa shape index (κ2) is 5.72. The summed E-state index contributed by atoms with van der Waals surface area (Å²) in [4.78, 5) is 0. The van der Waals surface area contributed by atoms with Crippen molar-refractivity contribution in [1.82, 2.24) is 14.8 Å². The number of aromatic nitrogens is 3. The van der Waals surface area contributed by atoms with Crippen molar-refractivity contribution in [3.63, 3.8) is 0 Å². The summed E-state index contributed by atoms with van der Waals surface area (Å²) in [6, 6.07) is 5.92. The molecule has 96 valence electrons. The van der Waals surface area contributed by atoms with Gasteiger partial charge in [0.1, 0.15) is 24.5 Å². The lowest BCUT2D eigenvalue weighted by Gasteiger charge is -2.07. The Balaban J connectivity index is 1.92. The molecule has 0 saturated carbocycles. The molecule has 0 saturated heterocycles. The molecule has 0 unspecified atom stereocenters. The Morgan fingerprint density at radius 1 is 1.50 bits per heavy atom. The van der Waals surface area contributed by atoms with Crippen LogP contribution >= 0.6 is 0 Å². The molecule has 1 aromatic carbocycles. The highest BCUT2D eigenvalue weighted by atomic mass is 32.2. The fourth-order valence-electron chi connectivity index (χ4n) is 1.44. The normalized spacial score (nSPS) is 12.3. The maximum atomic E-state index is 12.9. The van der Waals surface area contributed by atoms with Crippen molar-refractivity contribution in [3.05, 3.63) is 36.4 Å². The van der Waals surface area contributed by atoms with E-state index in [-0.39, 0.29) is 5.82 Å². The molecule has 7 heteroatoms. The fraction of sp³-hybridized carbons (Fsp3) is 0.273. The first kappa shape index (κ1) is 12.7. The molecule has 0 spiro atoms. The first-order chi connectivity index (χ1) is 8.66. The largest absolute Gasteiger partial charge is 0.492 e. The molecule has 5 nitrogen and oxygen atoms in total. The maximum Gasteiger partial charge on any atom is 0.221 e. The molecule has 0 aliphatic heterocycles. The van der Waals surface area contributed by atoms with Crippen molar-refractivity contribution in [2.45, 2.75) is 11.7 Å². The number of halogens is 1. The Kier molecular flexibility index (Phi) is 4.03. The third-order valence-corrected chi connectivity index (χ3v) is 3.06. The highest BCUT2D eigenvalue weighted by Crippen LogP contribution is 2.12. The van der Waals surface area contributed by atoms with Gasteiger partial charge in [0.05, 0.1) is 17.3 Å². The first-order valence-corrected chi connectivity index (χ1v) is 6.82. The van der Waals surface area contributed by atoms with Crippen LogP contribution in [0.2, 0.25) is 0 Å². The Hall–Kier alpha value is -1.76. The van der Waals surface area contributed by atoms with Crippen molar-refractivity contribution in [3.8, 4) is 5.75 Å². The molecule has 0 radical (unpaired) electrons. The average Bonchev–Trinajstić information content (AvgIpc) is 2.77. The Morgan fingerprint density at radius 3 is 3.06 bits per heavy atom. The molecule has 1 aromatic heterocycles. The van der Waals surface area contributed by atoms with E-state index < -0.39 is 10.8 Å². The Bertz CT molecular complexity index is 559. The van der Waals surface area contributed by atoms with Gasteiger partial charge in [0.15, 0.2) is 0 Å². The van der Waals surface area contributed by atoms with E-state index in [2.05, 4.69) is 10.2 Å². The zero-order chi connectivity index (χ0) is 13.0. The van der Waals surface area contributed by atoms with Gasteiger partial charge in [-0.05, 0) is 12.1 Å². The minimum Gasteiger partial charge on any atom is -0.492 e. The molecule has 0 aliphatic carbocycles. The minimum atomic E-state index is -1.19. The van der Waals surface area contributed by atoms with E-state index in [0.29, 0.717) is 24.1 Å². The predicted octanol–water partition coefficient (Wildman–Crippen LogP) is 1.23. The molecule has 0 amide bonds. The number of hydrogen-bond acceptors (Lipinski definition) is 4. The lowest BCUT2D eigenvalue weighted by atomic mass is 10.3. The lowest BCUT2D eigenvalue weighted by molar-refractivity contribution is 0.292. The van der Waals surface area contributed by atoms with E-state index in [9.17, 15) is 8.60 Å². The van der Waals surface area contributed by atoms with Crippen LogP contribution in [0.15, 0.2) is 35.7 Å². The molecule has 1 atom stereocenters. The summed E-state index contributed by atoms with van der Waals surface area (Å²) in [5.41, 5.74) is 0. The average molecular weight is 269 g/mol. The summed E-state index contributed by atoms with van der Waals surface area (Å²) < 4.78 is 31.2. The van der Waals surface area contributed by atoms with E-state index in [1.807, 2.05) is 0 Å². The number of ether oxygens (including phenoxy) is 1. The zero-order valence-corrected chi connectivity index (χ0v) is 10.6. The van der Waals surface area contributed by atoms with Crippen LogP contribution in [0, 0.1) is 5.82 Å². The van der Waals surface area contributed by atoms with Gasteiger partial charge in [-0.25, -0.2) is 4.39 Å². The molecular weight excluding hydrogens is 257 g/mol. The second-order valence-corrected chi connectivity index (χ2v) is 4.84. The zero-order valence-electron chi connectivity index (χ0n) is 9.75. The number of hydrogen-bond donors (Lipinski definition) is 0. The van der Waals surface area contributed by atoms with Gasteiger partial charge >= 0.3 is 0 Å². The van der Waals surface area contributed by atoms with Crippen molar-refractivity contribution in [2.75, 3.05) is 12.9 Å². The third-order valence-electron chi connectivity index (χ3n) is 2.23. The van der Waals surface area contributed by atoms with Crippen molar-refractivity contribution >= 4 is 10.8 Å². The number of benzene rings is 1. The lowest BCUT2D eigenvalue weighted by Crippen LogP contribution is -2.11. The standard InChI is InChI=1S/C11H12FN3O2S/c1-18(16)11-14-13-8-15(11)5-6-17-10-4-2-3-9(12)7-10/h2-4,7-8H,5-6H2,1H3/t18-/m1/s1. The van der Waals surface area contributed by atoms with Gasteiger partial charge < -0.3 is 9.30 Å². The Labute approximate surface area is 106 Å². The minimum absolute atomic E-state index is 0.325. The van der Waals surface area contributed by atoms with E-state index in [1.54, 1.807) is 16.7 Å². The van der Waals surface area contributed by atoms with Crippen LogP contribution in [0.3, 0.4) is 0 Å². The number of nitrogens with zero attached hydrogens (tertiary/aromatic N) is 3. The van der Waals surface area contributed by atoms with E-state index in [1.165, 1.54) is 24.7 Å². The van der Waals surface area contributed by atoms with Crippen molar-refractivity contribution < 1.29 is 13.3 Å². The summed E-state index contributed by atoms with van der Waals surface area (Å²) in [5.74, 6) is 0.120. The Morgan fingerprint density at radius 2 is 2.33 bits per heavy atom. The fourth-order valence-corrected chi connectivity index (χ4v) is 2.07. The van der Waals surface area contributed by atoms with Crippen LogP contribution in [0.4, 0.5) is 4.39 Å². The van der Waals surface area contributed by atoms with Gasteiger partial charge in [-0.1, -0.05) is 6.07 Å². The predicted molar refractivity (Wildman–Crippen MR) is 64.2 cm³/mol. The van der Waals surface area contributed by atoms with E-state index in [0.717, 1.165) is 0 Å². The van der Waals surface area contributed by atoms with Crippen LogP contribution in [0.1, 0.15) is 0 Å². The molecule has 2 rings (SSSR count). The quantitative estimate of drug-likeness (QED) is 0.819. The summed E-state index contributed by atoms with van der Waals surface area (Å²) in [5, 5.41) is 7.84. The summed E-state index contributed by atoms with van der Waals surface area (Å²) in [6.07, 6.45) is 3.03. The molecule has 0 bridgehead atoms. The third kappa shape index (κ3) is 3.13. The SMILES string of the molecule is C[S@@](=O)c1nncn1CCOc1cccc(F)c1. The highest BCUT2D eigenvalue weighted by Gasteiger charge is 2.07. The van der Waals surface area contributed by atoms with Gasteiger partial charge in [0, 0.05) is 12.3 Å². The molecule has 0 fully saturated rings. The molecule has 18 heavy (non-hydrogen) atoms. The summed E-state index contributed by atoms with van der Waals surface area (Å²) >= 11 is 0. The first-order valence-electron chi connectivity index (χ1n) is 5.26. The molecular formula is C11H12FN3O2S. The number of rotatable bonds is 5. The smallest absolute Gasteiger partial charge is 0.221 e. The van der Waals surface area contributed by atoms with Crippen LogP contribution in [0.25, 0.3) is 0 Å². The molecule has 0 aliphatic rings. The van der Waals surface area contributed by atoms with Gasteiger partial charge in [-0.15, -0.1) is 10.2 Å². The molecule has 2 aromatic rings. The molecule has 0 N–H and O–H groups in total. The van der Waals surface area contributed by atoms with Crippen LogP contribution in [0.5, 0.6) is 5.75 Å². The van der Waals surface area contributed by atoms with Crippen molar-refractivity contribution in [2.24, 2.45) is 0 Å². The van der Waals surface area contributed by atoms with Gasteiger partial charge in [-0.2, -0.15) is 0 Å². The summed E-state index contributed by atoms with van der Waals surface area (Å²) in [7, 11) is -1.19. The van der Waals surface area contributed by atoms with E-state index >= 15 is 0 Å². The van der Waals surface area contributed by atoms with Gasteiger partial charge in [0.2, 0.25) is 5.16 Å². The van der Waals surface area contributed by atoms with Crippen LogP contribution in [-0.4, -0.2) is 31.8 Å². The van der Waals surface area contributed by atoms with Crippen LogP contribution < -0.4 is 4.74 Å². The topological polar surface area (TPSA) is 57.0 Å². The van der Waals surface area contributed by atoms with Gasteiger partial charge in [-0.3, -0.25) is 4.21 Å². The molecule has 1 heterocycles. The van der Waals surface area contributed by atoms with E-state index in [4.69, 9.17) is 4.74 Å². The monoisotopic (exact) mass is 269 g/mol. The summed E-state index contributed by atoms with van der Waals surface area (Å²) in [6.45, 7) is 0.782. The highest BCUT2D eigenvalue weighted by molar-refractivity contribution is 7.84. The maximum absolute atomic E-state index is 12.9. The van der Waals surface area contributed by atoms with Gasteiger partial charge in [0.25, 0.3) is 0 Å². The van der Waals surface area contributed by atoms with Crippen LogP contribution in [-0.2, 0) is 17.3 Å².